The average molecular weight is 446 g/mol. The standard InChI is InChI=1S/C22H36Ge2/c1-6-11-17-21-18-23(7-2,8-3)19-22(24(21,9-4)10-5)20-15-13-12-14-16-20/h12-16,18-19H,6-11,17H2,1-5H3. The Kier molecular flexibility index (Phi) is 7.49. The second kappa shape index (κ2) is 8.94. The molecule has 2 rings (SSSR count). The first-order valence-corrected chi connectivity index (χ1v) is 20.6. The molecular weight excluding hydrogens is 409 g/mol. The molecule has 0 saturated carbocycles. The van der Waals surface area contributed by atoms with E-state index in [1.165, 1.54) is 40.3 Å². The summed E-state index contributed by atoms with van der Waals surface area (Å²) in [6.45, 7) is 12.2. The van der Waals surface area contributed by atoms with E-state index in [0.717, 1.165) is 0 Å². The van der Waals surface area contributed by atoms with Crippen LogP contribution in [-0.2, 0) is 0 Å². The summed E-state index contributed by atoms with van der Waals surface area (Å²) >= 11 is -4.12. The van der Waals surface area contributed by atoms with Crippen molar-refractivity contribution in [2.45, 2.75) is 74.9 Å². The van der Waals surface area contributed by atoms with Gasteiger partial charge in [-0.2, -0.15) is 0 Å². The van der Waals surface area contributed by atoms with Gasteiger partial charge in [0.1, 0.15) is 0 Å². The Labute approximate surface area is 155 Å². The first-order chi connectivity index (χ1) is 11.6. The van der Waals surface area contributed by atoms with Gasteiger partial charge in [-0.1, -0.05) is 0 Å². The van der Waals surface area contributed by atoms with Crippen molar-refractivity contribution >= 4 is 30.9 Å². The molecule has 1 aliphatic heterocycles. The first-order valence-electron chi connectivity index (χ1n) is 10.1. The zero-order valence-electron chi connectivity index (χ0n) is 16.5. The third-order valence-electron chi connectivity index (χ3n) is 6.43. The van der Waals surface area contributed by atoms with Crippen LogP contribution in [0.1, 0.15) is 59.4 Å². The van der Waals surface area contributed by atoms with Gasteiger partial charge in [0.05, 0.1) is 0 Å². The van der Waals surface area contributed by atoms with Crippen molar-refractivity contribution in [2.75, 3.05) is 0 Å². The van der Waals surface area contributed by atoms with Crippen molar-refractivity contribution in [3.05, 3.63) is 50.1 Å². The van der Waals surface area contributed by atoms with E-state index in [1.54, 1.807) is 5.56 Å². The summed E-state index contributed by atoms with van der Waals surface area (Å²) in [6, 6.07) is 11.4. The van der Waals surface area contributed by atoms with Crippen LogP contribution in [0.5, 0.6) is 0 Å². The molecular formula is C22H36Ge2. The van der Waals surface area contributed by atoms with Gasteiger partial charge in [0.15, 0.2) is 0 Å². The molecule has 0 amide bonds. The molecule has 132 valence electrons. The number of hydrogen-bond donors (Lipinski definition) is 0. The van der Waals surface area contributed by atoms with Crippen molar-refractivity contribution in [2.24, 2.45) is 0 Å². The second-order valence-electron chi connectivity index (χ2n) is 7.43. The van der Waals surface area contributed by atoms with Crippen LogP contribution in [0.25, 0.3) is 4.41 Å². The van der Waals surface area contributed by atoms with Gasteiger partial charge in [-0.05, 0) is 0 Å². The van der Waals surface area contributed by atoms with E-state index >= 15 is 0 Å². The molecule has 0 spiro atoms. The van der Waals surface area contributed by atoms with Gasteiger partial charge in [-0.15, -0.1) is 0 Å². The van der Waals surface area contributed by atoms with Crippen molar-refractivity contribution in [1.82, 2.24) is 0 Å². The summed E-state index contributed by atoms with van der Waals surface area (Å²) in [4.78, 5) is 5.84. The molecule has 2 heteroatoms. The van der Waals surface area contributed by atoms with Gasteiger partial charge in [-0.3, -0.25) is 0 Å². The first kappa shape index (κ1) is 20.1. The Morgan fingerprint density at radius 1 is 0.750 bits per heavy atom. The molecule has 0 atom stereocenters. The number of hydrogen-bond acceptors (Lipinski definition) is 0. The molecule has 1 aliphatic rings. The predicted molar refractivity (Wildman–Crippen MR) is 115 cm³/mol. The second-order valence-corrected chi connectivity index (χ2v) is 26.8. The fourth-order valence-corrected chi connectivity index (χ4v) is 32.4. The summed E-state index contributed by atoms with van der Waals surface area (Å²) in [5.41, 5.74) is 1.56. The maximum atomic E-state index is 2.94. The van der Waals surface area contributed by atoms with E-state index < -0.39 is 26.5 Å². The van der Waals surface area contributed by atoms with Gasteiger partial charge in [0.2, 0.25) is 0 Å². The van der Waals surface area contributed by atoms with Crippen molar-refractivity contribution in [1.29, 1.82) is 0 Å². The van der Waals surface area contributed by atoms with E-state index in [4.69, 9.17) is 0 Å². The fourth-order valence-electron chi connectivity index (χ4n) is 4.52. The predicted octanol–water partition coefficient (Wildman–Crippen LogP) is 7.33. The summed E-state index contributed by atoms with van der Waals surface area (Å²) in [5, 5.41) is 5.65. The van der Waals surface area contributed by atoms with Crippen LogP contribution >= 0.6 is 0 Å². The molecule has 0 N–H and O–H groups in total. The van der Waals surface area contributed by atoms with E-state index in [-0.39, 0.29) is 0 Å². The summed E-state index contributed by atoms with van der Waals surface area (Å²) in [7, 11) is 0. The number of allylic oxidation sites excluding steroid dienone is 1. The van der Waals surface area contributed by atoms with Crippen LogP contribution in [0.15, 0.2) is 44.6 Å². The SMILES string of the molecule is CCCC[C]1=[CH][Ge]([CH2]C)([CH2]C)[CH]=[C](c2ccccc2)[Ge]1([CH2]C)[CH2]C. The Balaban J connectivity index is 2.64. The van der Waals surface area contributed by atoms with Crippen molar-refractivity contribution in [3.8, 4) is 0 Å². The van der Waals surface area contributed by atoms with E-state index in [0.29, 0.717) is 0 Å². The molecule has 24 heavy (non-hydrogen) atoms. The molecule has 1 heterocycles. The molecule has 0 saturated heterocycles. The summed E-state index contributed by atoms with van der Waals surface area (Å²) in [6.07, 6.45) is 4.09. The molecule has 0 radical (unpaired) electrons. The minimum atomic E-state index is -2.15. The van der Waals surface area contributed by atoms with Crippen LogP contribution in [0.2, 0.25) is 21.0 Å². The van der Waals surface area contributed by atoms with Gasteiger partial charge >= 0.3 is 156 Å². The monoisotopic (exact) mass is 448 g/mol. The van der Waals surface area contributed by atoms with Gasteiger partial charge in [-0.25, -0.2) is 0 Å². The Morgan fingerprint density at radius 3 is 1.88 bits per heavy atom. The van der Waals surface area contributed by atoms with Gasteiger partial charge < -0.3 is 0 Å². The topological polar surface area (TPSA) is 0 Å². The van der Waals surface area contributed by atoms with Crippen LogP contribution in [0.4, 0.5) is 0 Å². The Morgan fingerprint density at radius 2 is 1.38 bits per heavy atom. The minimum absolute atomic E-state index is 1.33. The van der Waals surface area contributed by atoms with Gasteiger partial charge in [0.25, 0.3) is 0 Å². The van der Waals surface area contributed by atoms with Crippen LogP contribution < -0.4 is 0 Å². The molecule has 0 nitrogen and oxygen atoms in total. The zero-order chi connectivity index (χ0) is 17.6. The molecule has 0 unspecified atom stereocenters. The average Bonchev–Trinajstić information content (AvgIpc) is 2.66. The molecule has 0 bridgehead atoms. The van der Waals surface area contributed by atoms with Crippen LogP contribution in [0, 0.1) is 0 Å². The molecule has 0 fully saturated rings. The molecule has 0 aliphatic carbocycles. The van der Waals surface area contributed by atoms with E-state index in [9.17, 15) is 0 Å². The summed E-state index contributed by atoms with van der Waals surface area (Å²) in [5.74, 6) is 0. The Bertz CT molecular complexity index is 575. The zero-order valence-corrected chi connectivity index (χ0v) is 20.7. The number of benzene rings is 1. The number of rotatable bonds is 8. The molecule has 1 aromatic rings. The Hall–Kier alpha value is -0.214. The van der Waals surface area contributed by atoms with Crippen molar-refractivity contribution in [3.63, 3.8) is 0 Å². The molecule has 1 aromatic carbocycles. The fraction of sp³-hybridized carbons (Fsp3) is 0.545. The number of unbranched alkanes of at least 4 members (excludes halogenated alkanes) is 1. The van der Waals surface area contributed by atoms with E-state index in [1.807, 2.05) is 8.81 Å². The third-order valence-corrected chi connectivity index (χ3v) is 29.8. The normalized spacial score (nSPS) is 18.9. The van der Waals surface area contributed by atoms with Crippen LogP contribution in [-0.4, -0.2) is 26.5 Å². The third kappa shape index (κ3) is 3.80. The quantitative estimate of drug-likeness (QED) is 0.367. The van der Waals surface area contributed by atoms with Crippen molar-refractivity contribution < 1.29 is 0 Å². The van der Waals surface area contributed by atoms with Gasteiger partial charge in [0, 0.05) is 0 Å². The maximum absolute atomic E-state index is 2.94. The van der Waals surface area contributed by atoms with Crippen LogP contribution in [0.3, 0.4) is 0 Å². The molecule has 0 aromatic heterocycles. The van der Waals surface area contributed by atoms with E-state index in [2.05, 4.69) is 74.8 Å². The summed E-state index contributed by atoms with van der Waals surface area (Å²) < 4.78 is 3.84.